The molecule has 2 fully saturated rings. The lowest BCUT2D eigenvalue weighted by molar-refractivity contribution is -0.123. The summed E-state index contributed by atoms with van der Waals surface area (Å²) in [6.07, 6.45) is 4.37. The highest BCUT2D eigenvalue weighted by Gasteiger charge is 2.27. The van der Waals surface area contributed by atoms with E-state index in [0.29, 0.717) is 24.1 Å². The number of likely N-dealkylation sites (tertiary alicyclic amines) is 1. The van der Waals surface area contributed by atoms with Gasteiger partial charge in [-0.25, -0.2) is 4.39 Å². The van der Waals surface area contributed by atoms with Crippen molar-refractivity contribution in [1.82, 2.24) is 10.2 Å². The number of carbonyl (C=O) groups is 2. The van der Waals surface area contributed by atoms with Crippen LogP contribution in [0.4, 0.5) is 4.39 Å². The molecule has 1 saturated carbocycles. The molecule has 3 rings (SSSR count). The van der Waals surface area contributed by atoms with E-state index in [9.17, 15) is 9.18 Å². The molecule has 1 aliphatic heterocycles. The average Bonchev–Trinajstić information content (AvgIpc) is 3.22. The van der Waals surface area contributed by atoms with Crippen LogP contribution in [-0.2, 0) is 16.0 Å². The second kappa shape index (κ2) is 8.78. The first-order valence-electron chi connectivity index (χ1n) is 8.36. The molecule has 1 saturated heterocycles. The second-order valence-electron chi connectivity index (χ2n) is 6.62. The number of carboxylic acid groups (broad SMARTS) is 1. The number of hydrogen-bond acceptors (Lipinski definition) is 3. The van der Waals surface area contributed by atoms with Crippen molar-refractivity contribution in [2.75, 3.05) is 19.6 Å². The van der Waals surface area contributed by atoms with E-state index < -0.39 is 0 Å². The minimum atomic E-state index is -0.250. The van der Waals surface area contributed by atoms with Gasteiger partial charge in [0.25, 0.3) is 6.47 Å². The summed E-state index contributed by atoms with van der Waals surface area (Å²) in [4.78, 5) is 22.4. The third-order valence-corrected chi connectivity index (χ3v) is 4.43. The van der Waals surface area contributed by atoms with Crippen molar-refractivity contribution in [2.45, 2.75) is 38.6 Å². The van der Waals surface area contributed by atoms with Gasteiger partial charge < -0.3 is 10.4 Å². The molecular weight excluding hydrogens is 311 g/mol. The van der Waals surface area contributed by atoms with Gasteiger partial charge in [-0.15, -0.1) is 0 Å². The van der Waals surface area contributed by atoms with E-state index in [1.54, 1.807) is 6.07 Å². The van der Waals surface area contributed by atoms with Crippen molar-refractivity contribution >= 4 is 12.4 Å². The molecule has 1 aromatic rings. The average molecular weight is 336 g/mol. The highest BCUT2D eigenvalue weighted by atomic mass is 19.1. The molecule has 24 heavy (non-hydrogen) atoms. The Morgan fingerprint density at radius 2 is 2.12 bits per heavy atom. The fraction of sp³-hybridized carbons (Fsp3) is 0.556. The number of rotatable bonds is 5. The Balaban J connectivity index is 0.000000647. The summed E-state index contributed by atoms with van der Waals surface area (Å²) < 4.78 is 13.3. The monoisotopic (exact) mass is 336 g/mol. The molecule has 0 bridgehead atoms. The first-order valence-corrected chi connectivity index (χ1v) is 8.36. The largest absolute Gasteiger partial charge is 0.483 e. The summed E-state index contributed by atoms with van der Waals surface area (Å²) in [5.41, 5.74) is 1.91. The van der Waals surface area contributed by atoms with Crippen LogP contribution in [0.1, 0.15) is 30.4 Å². The van der Waals surface area contributed by atoms with Gasteiger partial charge in [0.1, 0.15) is 5.82 Å². The van der Waals surface area contributed by atoms with Gasteiger partial charge in [-0.1, -0.05) is 12.1 Å². The molecule has 0 aromatic heterocycles. The topological polar surface area (TPSA) is 69.6 Å². The Morgan fingerprint density at radius 3 is 2.75 bits per heavy atom. The van der Waals surface area contributed by atoms with Gasteiger partial charge in [0.2, 0.25) is 5.91 Å². The van der Waals surface area contributed by atoms with Gasteiger partial charge in [0.15, 0.2) is 0 Å². The number of aryl methyl sites for hydroxylation is 1. The molecule has 1 unspecified atom stereocenters. The molecule has 1 amide bonds. The molecule has 2 aliphatic rings. The number of halogens is 1. The van der Waals surface area contributed by atoms with Gasteiger partial charge in [-0.05, 0) is 62.3 Å². The fourth-order valence-corrected chi connectivity index (χ4v) is 3.09. The third-order valence-electron chi connectivity index (χ3n) is 4.43. The van der Waals surface area contributed by atoms with E-state index in [1.807, 2.05) is 19.1 Å². The van der Waals surface area contributed by atoms with Crippen molar-refractivity contribution < 1.29 is 19.1 Å². The van der Waals surface area contributed by atoms with Crippen LogP contribution in [0.2, 0.25) is 0 Å². The number of nitrogens with zero attached hydrogens (tertiary/aromatic N) is 1. The van der Waals surface area contributed by atoms with Crippen LogP contribution in [0.3, 0.4) is 0 Å². The zero-order valence-corrected chi connectivity index (χ0v) is 14.0. The number of hydrogen-bond donors (Lipinski definition) is 2. The van der Waals surface area contributed by atoms with Crippen molar-refractivity contribution in [2.24, 2.45) is 5.92 Å². The van der Waals surface area contributed by atoms with Gasteiger partial charge in [-0.3, -0.25) is 14.5 Å². The Bertz CT molecular complexity index is 575. The molecular formula is C18H25FN2O3. The minimum Gasteiger partial charge on any atom is -0.483 e. The molecule has 1 aromatic carbocycles. The van der Waals surface area contributed by atoms with Gasteiger partial charge in [-0.2, -0.15) is 0 Å². The molecule has 1 aliphatic carbocycles. The zero-order chi connectivity index (χ0) is 17.5. The first kappa shape index (κ1) is 18.4. The second-order valence-corrected chi connectivity index (χ2v) is 6.62. The molecule has 1 heterocycles. The Kier molecular flexibility index (Phi) is 6.73. The van der Waals surface area contributed by atoms with Gasteiger partial charge in [0.05, 0.1) is 6.54 Å². The van der Waals surface area contributed by atoms with Crippen LogP contribution in [0.5, 0.6) is 0 Å². The van der Waals surface area contributed by atoms with Crippen molar-refractivity contribution in [3.8, 4) is 0 Å². The highest BCUT2D eigenvalue weighted by Crippen LogP contribution is 2.22. The fourth-order valence-electron chi connectivity index (χ4n) is 3.09. The van der Waals surface area contributed by atoms with Gasteiger partial charge >= 0.3 is 0 Å². The maximum Gasteiger partial charge on any atom is 0.290 e. The standard InChI is InChI=1S/C17H23FN2O.CH2O2/c1-12-8-13(2-5-16(12)18)9-14-6-7-20(10-14)11-17(21)19-15-3-4-15;2-1-3/h2,5,8,14-15H,3-4,6-7,9-11H2,1H3,(H,19,21);1H,(H,2,3). The van der Waals surface area contributed by atoms with Gasteiger partial charge in [0, 0.05) is 12.6 Å². The number of benzene rings is 1. The van der Waals surface area contributed by atoms with Crippen LogP contribution < -0.4 is 5.32 Å². The van der Waals surface area contributed by atoms with E-state index in [0.717, 1.165) is 38.8 Å². The quantitative estimate of drug-likeness (QED) is 0.807. The van der Waals surface area contributed by atoms with Crippen molar-refractivity contribution in [1.29, 1.82) is 0 Å². The molecule has 0 spiro atoms. The predicted octanol–water partition coefficient (Wildman–Crippen LogP) is 1.98. The van der Waals surface area contributed by atoms with E-state index >= 15 is 0 Å². The number of carbonyl (C=O) groups excluding carboxylic acids is 1. The lowest BCUT2D eigenvalue weighted by Gasteiger charge is -2.15. The molecule has 1 atom stereocenters. The van der Waals surface area contributed by atoms with Crippen molar-refractivity contribution in [3.05, 3.63) is 35.1 Å². The maximum atomic E-state index is 13.3. The summed E-state index contributed by atoms with van der Waals surface area (Å²) in [5, 5.41) is 9.93. The van der Waals surface area contributed by atoms with Crippen LogP contribution in [0.25, 0.3) is 0 Å². The molecule has 132 valence electrons. The highest BCUT2D eigenvalue weighted by molar-refractivity contribution is 5.78. The molecule has 0 radical (unpaired) electrons. The molecule has 6 heteroatoms. The van der Waals surface area contributed by atoms with Crippen molar-refractivity contribution in [3.63, 3.8) is 0 Å². The zero-order valence-electron chi connectivity index (χ0n) is 14.0. The Morgan fingerprint density at radius 1 is 1.42 bits per heavy atom. The van der Waals surface area contributed by atoms with Crippen LogP contribution in [-0.4, -0.2) is 48.1 Å². The normalized spacial score (nSPS) is 20.2. The first-order chi connectivity index (χ1) is 11.5. The minimum absolute atomic E-state index is 0.136. The van der Waals surface area contributed by atoms with E-state index in [-0.39, 0.29) is 18.2 Å². The maximum absolute atomic E-state index is 13.3. The Labute approximate surface area is 141 Å². The lowest BCUT2D eigenvalue weighted by atomic mass is 9.97. The third kappa shape index (κ3) is 5.92. The summed E-state index contributed by atoms with van der Waals surface area (Å²) >= 11 is 0. The number of amides is 1. The SMILES string of the molecule is Cc1cc(CC2CCN(CC(=O)NC3CC3)C2)ccc1F.O=CO. The van der Waals surface area contributed by atoms with Crippen LogP contribution in [0, 0.1) is 18.7 Å². The van der Waals surface area contributed by atoms with E-state index in [1.165, 1.54) is 5.56 Å². The summed E-state index contributed by atoms with van der Waals surface area (Å²) in [6.45, 7) is 4.04. The number of nitrogens with one attached hydrogen (secondary N) is 1. The molecule has 5 nitrogen and oxygen atoms in total. The molecule has 2 N–H and O–H groups in total. The van der Waals surface area contributed by atoms with E-state index in [4.69, 9.17) is 9.90 Å². The summed E-state index contributed by atoms with van der Waals surface area (Å²) in [6, 6.07) is 5.82. The lowest BCUT2D eigenvalue weighted by Crippen LogP contribution is -2.37. The summed E-state index contributed by atoms with van der Waals surface area (Å²) in [7, 11) is 0. The Hall–Kier alpha value is -1.95. The summed E-state index contributed by atoms with van der Waals surface area (Å²) in [5.74, 6) is 0.600. The smallest absolute Gasteiger partial charge is 0.290 e. The van der Waals surface area contributed by atoms with Crippen LogP contribution >= 0.6 is 0 Å². The van der Waals surface area contributed by atoms with E-state index in [2.05, 4.69) is 10.2 Å². The van der Waals surface area contributed by atoms with Crippen LogP contribution in [0.15, 0.2) is 18.2 Å². The predicted molar refractivity (Wildman–Crippen MR) is 89.2 cm³/mol.